The molecule has 0 N–H and O–H groups in total. The highest BCUT2D eigenvalue weighted by molar-refractivity contribution is 7.91. The van der Waals surface area contributed by atoms with Crippen LogP contribution in [0.2, 0.25) is 0 Å². The summed E-state index contributed by atoms with van der Waals surface area (Å²) in [6.07, 6.45) is 0.672. The minimum absolute atomic E-state index is 0.0357. The molecule has 2 amide bonds. The first-order chi connectivity index (χ1) is 12.2. The molecule has 1 aromatic rings. The summed E-state index contributed by atoms with van der Waals surface area (Å²) in [6.45, 7) is 6.67. The second-order valence-electron chi connectivity index (χ2n) is 7.31. The first-order valence-corrected chi connectivity index (χ1v) is 10.9. The van der Waals surface area contributed by atoms with Gasteiger partial charge in [0.1, 0.15) is 0 Å². The van der Waals surface area contributed by atoms with E-state index in [1.807, 2.05) is 39.0 Å². The predicted octanol–water partition coefficient (Wildman–Crippen LogP) is 1.69. The summed E-state index contributed by atoms with van der Waals surface area (Å²) in [7, 11) is -3.05. The zero-order valence-electron chi connectivity index (χ0n) is 15.6. The number of carbonyl (C=O) groups is 2. The third-order valence-corrected chi connectivity index (χ3v) is 7.36. The highest BCUT2D eigenvalue weighted by Gasteiger charge is 2.41. The summed E-state index contributed by atoms with van der Waals surface area (Å²) in [6, 6.07) is 5.57. The van der Waals surface area contributed by atoms with E-state index in [0.29, 0.717) is 19.5 Å². The third kappa shape index (κ3) is 3.49. The van der Waals surface area contributed by atoms with Gasteiger partial charge in [-0.15, -0.1) is 0 Å². The van der Waals surface area contributed by atoms with Crippen LogP contribution in [0.3, 0.4) is 0 Å². The maximum atomic E-state index is 13.0. The van der Waals surface area contributed by atoms with Crippen LogP contribution in [-0.4, -0.2) is 55.8 Å². The summed E-state index contributed by atoms with van der Waals surface area (Å²) < 4.78 is 23.5. The van der Waals surface area contributed by atoms with Crippen LogP contribution >= 0.6 is 0 Å². The van der Waals surface area contributed by atoms with Crippen molar-refractivity contribution in [3.8, 4) is 0 Å². The molecule has 2 unspecified atom stereocenters. The number of hydrogen-bond donors (Lipinski definition) is 0. The normalized spacial score (nSPS) is 24.9. The van der Waals surface area contributed by atoms with Gasteiger partial charge in [0, 0.05) is 31.2 Å². The Kier molecular flexibility index (Phi) is 5.10. The number of aryl methyl sites for hydroxylation is 1. The molecule has 0 bridgehead atoms. The fraction of sp³-hybridized carbons (Fsp3) is 0.579. The SMILES string of the molecule is CCN(C(=O)C1CC(=O)N(c2cccc(C)c2C)C1)C1CCS(=O)(=O)C1. The Morgan fingerprint density at radius 3 is 2.65 bits per heavy atom. The number of sulfone groups is 1. The number of hydrogen-bond acceptors (Lipinski definition) is 4. The van der Waals surface area contributed by atoms with E-state index in [1.165, 1.54) is 0 Å². The van der Waals surface area contributed by atoms with Crippen molar-refractivity contribution in [2.24, 2.45) is 5.92 Å². The molecule has 2 atom stereocenters. The van der Waals surface area contributed by atoms with Crippen LogP contribution in [0.25, 0.3) is 0 Å². The number of amides is 2. The number of benzene rings is 1. The van der Waals surface area contributed by atoms with Crippen LogP contribution < -0.4 is 4.90 Å². The molecule has 2 fully saturated rings. The maximum Gasteiger partial charge on any atom is 0.228 e. The van der Waals surface area contributed by atoms with E-state index in [1.54, 1.807) is 9.80 Å². The van der Waals surface area contributed by atoms with Gasteiger partial charge >= 0.3 is 0 Å². The summed E-state index contributed by atoms with van der Waals surface area (Å²) in [5.74, 6) is -0.387. The molecule has 26 heavy (non-hydrogen) atoms. The fourth-order valence-electron chi connectivity index (χ4n) is 3.98. The average molecular weight is 378 g/mol. The van der Waals surface area contributed by atoms with Crippen LogP contribution in [0.15, 0.2) is 18.2 Å². The van der Waals surface area contributed by atoms with Crippen molar-refractivity contribution < 1.29 is 18.0 Å². The second-order valence-corrected chi connectivity index (χ2v) is 9.53. The average Bonchev–Trinajstić information content (AvgIpc) is 3.13. The first kappa shape index (κ1) is 18.9. The molecule has 0 saturated carbocycles. The molecule has 142 valence electrons. The highest BCUT2D eigenvalue weighted by Crippen LogP contribution is 2.31. The van der Waals surface area contributed by atoms with Gasteiger partial charge in [-0.05, 0) is 44.4 Å². The molecule has 1 aromatic carbocycles. The van der Waals surface area contributed by atoms with Crippen molar-refractivity contribution >= 4 is 27.3 Å². The standard InChI is InChI=1S/C19H26N2O4S/c1-4-20(16-8-9-26(24,25)12-16)19(23)15-10-18(22)21(11-15)17-7-5-6-13(2)14(17)3/h5-7,15-16H,4,8-12H2,1-3H3. The van der Waals surface area contributed by atoms with E-state index >= 15 is 0 Å². The lowest BCUT2D eigenvalue weighted by atomic mass is 10.1. The van der Waals surface area contributed by atoms with Crippen LogP contribution in [0.5, 0.6) is 0 Å². The van der Waals surface area contributed by atoms with E-state index in [2.05, 4.69) is 0 Å². The van der Waals surface area contributed by atoms with E-state index in [9.17, 15) is 18.0 Å². The van der Waals surface area contributed by atoms with Crippen molar-refractivity contribution in [2.75, 3.05) is 29.5 Å². The van der Waals surface area contributed by atoms with Gasteiger partial charge in [0.2, 0.25) is 11.8 Å². The minimum atomic E-state index is -3.05. The topological polar surface area (TPSA) is 74.8 Å². The molecule has 2 aliphatic rings. The molecular formula is C19H26N2O4S. The van der Waals surface area contributed by atoms with Crippen LogP contribution in [0.1, 0.15) is 30.9 Å². The summed E-state index contributed by atoms with van der Waals surface area (Å²) in [4.78, 5) is 28.9. The van der Waals surface area contributed by atoms with Crippen molar-refractivity contribution in [1.82, 2.24) is 4.90 Å². The molecule has 0 aromatic heterocycles. The molecule has 6 nitrogen and oxygen atoms in total. The zero-order valence-corrected chi connectivity index (χ0v) is 16.4. The van der Waals surface area contributed by atoms with Crippen molar-refractivity contribution in [1.29, 1.82) is 0 Å². The van der Waals surface area contributed by atoms with Crippen LogP contribution in [0, 0.1) is 19.8 Å². The number of nitrogens with zero attached hydrogens (tertiary/aromatic N) is 2. The second kappa shape index (κ2) is 7.02. The Morgan fingerprint density at radius 1 is 1.31 bits per heavy atom. The van der Waals surface area contributed by atoms with E-state index in [4.69, 9.17) is 0 Å². The Labute approximate surface area is 155 Å². The van der Waals surface area contributed by atoms with Gasteiger partial charge in [-0.3, -0.25) is 9.59 Å². The molecule has 0 aliphatic carbocycles. The van der Waals surface area contributed by atoms with Gasteiger partial charge in [0.05, 0.1) is 17.4 Å². The monoisotopic (exact) mass is 378 g/mol. The predicted molar refractivity (Wildman–Crippen MR) is 101 cm³/mol. The van der Waals surface area contributed by atoms with Crippen LogP contribution in [-0.2, 0) is 19.4 Å². The smallest absolute Gasteiger partial charge is 0.228 e. The van der Waals surface area contributed by atoms with E-state index in [-0.39, 0.29) is 35.8 Å². The lowest BCUT2D eigenvalue weighted by Crippen LogP contribution is -2.44. The summed E-state index contributed by atoms with van der Waals surface area (Å²) in [5, 5.41) is 0. The van der Waals surface area contributed by atoms with Gasteiger partial charge in [0.25, 0.3) is 0 Å². The van der Waals surface area contributed by atoms with Gasteiger partial charge in [0.15, 0.2) is 9.84 Å². The largest absolute Gasteiger partial charge is 0.339 e. The van der Waals surface area contributed by atoms with Crippen molar-refractivity contribution in [3.63, 3.8) is 0 Å². The molecule has 3 rings (SSSR count). The van der Waals surface area contributed by atoms with Gasteiger partial charge in [-0.25, -0.2) is 8.42 Å². The Bertz CT molecular complexity index is 834. The number of carbonyl (C=O) groups excluding carboxylic acids is 2. The molecule has 0 spiro atoms. The van der Waals surface area contributed by atoms with Crippen molar-refractivity contribution in [2.45, 2.75) is 39.7 Å². The molecule has 2 heterocycles. The molecule has 2 aliphatic heterocycles. The molecule has 2 saturated heterocycles. The Morgan fingerprint density at radius 2 is 2.04 bits per heavy atom. The summed E-state index contributed by atoms with van der Waals surface area (Å²) >= 11 is 0. The minimum Gasteiger partial charge on any atom is -0.339 e. The molecular weight excluding hydrogens is 352 g/mol. The Balaban J connectivity index is 1.77. The van der Waals surface area contributed by atoms with E-state index < -0.39 is 15.8 Å². The lowest BCUT2D eigenvalue weighted by Gasteiger charge is -2.29. The number of anilines is 1. The van der Waals surface area contributed by atoms with Gasteiger partial charge < -0.3 is 9.80 Å². The number of rotatable bonds is 4. The maximum absolute atomic E-state index is 13.0. The zero-order chi connectivity index (χ0) is 19.1. The quantitative estimate of drug-likeness (QED) is 0.799. The lowest BCUT2D eigenvalue weighted by molar-refractivity contribution is -0.137. The summed E-state index contributed by atoms with van der Waals surface area (Å²) in [5.41, 5.74) is 3.01. The first-order valence-electron chi connectivity index (χ1n) is 9.11. The Hall–Kier alpha value is -1.89. The highest BCUT2D eigenvalue weighted by atomic mass is 32.2. The fourth-order valence-corrected chi connectivity index (χ4v) is 5.71. The van der Waals surface area contributed by atoms with Gasteiger partial charge in [-0.2, -0.15) is 0 Å². The molecule has 0 radical (unpaired) electrons. The van der Waals surface area contributed by atoms with Crippen molar-refractivity contribution in [3.05, 3.63) is 29.3 Å². The third-order valence-electron chi connectivity index (χ3n) is 5.61. The van der Waals surface area contributed by atoms with Gasteiger partial charge in [-0.1, -0.05) is 12.1 Å². The van der Waals surface area contributed by atoms with E-state index in [0.717, 1.165) is 16.8 Å². The van der Waals surface area contributed by atoms with Crippen LogP contribution in [0.4, 0.5) is 5.69 Å². The molecule has 7 heteroatoms.